The largest absolute Gasteiger partial charge is 0.478 e. The molecule has 0 saturated heterocycles. The number of aromatic hydroxyl groups is 1. The molecule has 0 aliphatic carbocycles. The molecule has 0 aromatic heterocycles. The van der Waals surface area contributed by atoms with Gasteiger partial charge >= 0.3 is 94.1 Å². The molecule has 1 amide bonds. The van der Waals surface area contributed by atoms with Crippen LogP contribution in [0.1, 0.15) is 22.8 Å². The maximum atomic E-state index is 11.1. The van der Waals surface area contributed by atoms with Crippen LogP contribution in [0.15, 0.2) is 40.9 Å². The Bertz CT molecular complexity index is 879. The average Bonchev–Trinajstić information content (AvgIpc) is 2.48. The molecule has 2 aromatic carbocycles. The first-order valence-corrected chi connectivity index (χ1v) is 11.3. The topological polar surface area (TPSA) is 144 Å². The zero-order valence-corrected chi connectivity index (χ0v) is 17.3. The van der Waals surface area contributed by atoms with Crippen LogP contribution in [-0.2, 0) is 8.53 Å². The number of benzene rings is 2. The quantitative estimate of drug-likeness (QED) is 0.323. The summed E-state index contributed by atoms with van der Waals surface area (Å²) in [7, 11) is 0. The van der Waals surface area contributed by atoms with Crippen LogP contribution in [0, 0.1) is 6.92 Å². The maximum Gasteiger partial charge on any atom is 0.336 e. The van der Waals surface area contributed by atoms with Crippen LogP contribution in [0.2, 0.25) is 0 Å². The van der Waals surface area contributed by atoms with Crippen LogP contribution in [0.3, 0.4) is 0 Å². The van der Waals surface area contributed by atoms with Gasteiger partial charge in [-0.1, -0.05) is 6.07 Å². The number of carboxylic acids is 1. The number of carboxylic acid groups (broad SMARTS) is 1. The predicted octanol–water partition coefficient (Wildman–Crippen LogP) is 1.37. The Hall–Kier alpha value is -2.06. The fraction of sp³-hybridized carbons (Fsp3) is 0.125. The van der Waals surface area contributed by atoms with Crippen molar-refractivity contribution in [2.24, 2.45) is 0 Å². The number of rotatable bonds is 3. The van der Waals surface area contributed by atoms with E-state index < -0.39 is 26.0 Å². The molecular formula is C16H17AsBrNO7. The Morgan fingerprint density at radius 2 is 1.77 bits per heavy atom. The second kappa shape index (κ2) is 9.04. The number of carbonyl (C=O) groups excluding carboxylic acids is 1. The summed E-state index contributed by atoms with van der Waals surface area (Å²) in [4.78, 5) is 21.3. The monoisotopic (exact) mass is 489 g/mol. The van der Waals surface area contributed by atoms with E-state index in [1.54, 1.807) is 18.2 Å². The van der Waals surface area contributed by atoms with Gasteiger partial charge in [-0.15, -0.1) is 0 Å². The molecule has 0 atom stereocenters. The first kappa shape index (κ1) is 22.0. The van der Waals surface area contributed by atoms with E-state index in [1.165, 1.54) is 25.1 Å². The number of carbonyl (C=O) groups is 2. The zero-order valence-electron chi connectivity index (χ0n) is 13.8. The van der Waals surface area contributed by atoms with Gasteiger partial charge in [0.05, 0.1) is 5.56 Å². The van der Waals surface area contributed by atoms with Crippen LogP contribution < -0.4 is 9.67 Å². The van der Waals surface area contributed by atoms with Crippen molar-refractivity contribution in [3.8, 4) is 5.75 Å². The molecule has 0 heterocycles. The molecular weight excluding hydrogens is 473 g/mol. The number of hydrogen-bond acceptors (Lipinski definition) is 4. The number of amides is 1. The van der Waals surface area contributed by atoms with E-state index in [1.807, 2.05) is 6.92 Å². The van der Waals surface area contributed by atoms with Crippen molar-refractivity contribution in [1.29, 1.82) is 0 Å². The van der Waals surface area contributed by atoms with Crippen LogP contribution in [0.4, 0.5) is 5.69 Å². The summed E-state index contributed by atoms with van der Waals surface area (Å²) >= 11 is -1.98. The number of halogens is 1. The normalized spacial score (nSPS) is 10.5. The summed E-state index contributed by atoms with van der Waals surface area (Å²) in [5.74, 6) is -1.79. The Balaban J connectivity index is 0.000000273. The number of aromatic carboxylic acids is 1. The van der Waals surface area contributed by atoms with Crippen LogP contribution in [0.5, 0.6) is 5.75 Å². The standard InChI is InChI=1S/C8H10AsNO5.C8H7BrO2/c1-5(11)10-8-6(9(13,14)15)3-2-4-7(8)12;1-5-2-3-6(8(10)11)7(9)4-5/h2-4,12H,1H3,(H,10,11)(H2,13,14,15);2-4H,1H3,(H,10,11). The molecule has 0 spiro atoms. The van der Waals surface area contributed by atoms with E-state index in [0.29, 0.717) is 10.0 Å². The fourth-order valence-electron chi connectivity index (χ4n) is 1.87. The molecule has 0 aliphatic heterocycles. The maximum absolute atomic E-state index is 11.1. The van der Waals surface area contributed by atoms with E-state index in [4.69, 9.17) is 13.3 Å². The van der Waals surface area contributed by atoms with Crippen molar-refractivity contribution >= 4 is 52.0 Å². The molecule has 0 aliphatic rings. The van der Waals surface area contributed by atoms with Gasteiger partial charge in [-0.25, -0.2) is 4.79 Å². The molecule has 5 N–H and O–H groups in total. The van der Waals surface area contributed by atoms with Gasteiger partial charge in [0.1, 0.15) is 0 Å². The number of phenols is 1. The van der Waals surface area contributed by atoms with Crippen molar-refractivity contribution in [2.75, 3.05) is 5.32 Å². The predicted molar refractivity (Wildman–Crippen MR) is 98.8 cm³/mol. The smallest absolute Gasteiger partial charge is 0.336 e. The third kappa shape index (κ3) is 6.34. The molecule has 140 valence electrons. The van der Waals surface area contributed by atoms with E-state index in [2.05, 4.69) is 21.2 Å². The number of hydrogen-bond donors (Lipinski definition) is 5. The molecule has 8 nitrogen and oxygen atoms in total. The van der Waals surface area contributed by atoms with Crippen molar-refractivity contribution < 1.29 is 31.7 Å². The molecule has 2 aromatic rings. The van der Waals surface area contributed by atoms with Gasteiger partial charge in [0.15, 0.2) is 0 Å². The molecule has 0 bridgehead atoms. The van der Waals surface area contributed by atoms with Crippen molar-refractivity contribution in [2.45, 2.75) is 13.8 Å². The Morgan fingerprint density at radius 1 is 1.15 bits per heavy atom. The molecule has 0 radical (unpaired) electrons. The number of aryl methyl sites for hydroxylation is 1. The van der Waals surface area contributed by atoms with Crippen LogP contribution in [0.25, 0.3) is 0 Å². The summed E-state index contributed by atoms with van der Waals surface area (Å²) in [6.07, 6.45) is 0. The first-order valence-electron chi connectivity index (χ1n) is 7.08. The van der Waals surface area contributed by atoms with E-state index in [-0.39, 0.29) is 15.8 Å². The van der Waals surface area contributed by atoms with E-state index >= 15 is 0 Å². The van der Waals surface area contributed by atoms with E-state index in [9.17, 15) is 18.4 Å². The van der Waals surface area contributed by atoms with Crippen molar-refractivity contribution in [3.05, 3.63) is 52.0 Å². The van der Waals surface area contributed by atoms with Gasteiger partial charge in [0, 0.05) is 4.47 Å². The molecule has 26 heavy (non-hydrogen) atoms. The number of phenolic OH excluding ortho intramolecular Hbond substituents is 1. The van der Waals surface area contributed by atoms with Crippen molar-refractivity contribution in [1.82, 2.24) is 0 Å². The van der Waals surface area contributed by atoms with Gasteiger partial charge in [-0.2, -0.15) is 0 Å². The minimum Gasteiger partial charge on any atom is -0.478 e. The number of para-hydroxylation sites is 1. The molecule has 0 fully saturated rings. The van der Waals surface area contributed by atoms with Gasteiger partial charge in [0.2, 0.25) is 0 Å². The first-order chi connectivity index (χ1) is 11.9. The van der Waals surface area contributed by atoms with Crippen molar-refractivity contribution in [3.63, 3.8) is 0 Å². The molecule has 0 saturated carbocycles. The second-order valence-electron chi connectivity index (χ2n) is 5.18. The minimum atomic E-state index is -5.14. The minimum absolute atomic E-state index is 0.225. The molecule has 10 heteroatoms. The fourth-order valence-corrected chi connectivity index (χ4v) is 4.09. The number of anilines is 1. The van der Waals surface area contributed by atoms with Gasteiger partial charge in [-0.3, -0.25) is 0 Å². The van der Waals surface area contributed by atoms with Crippen LogP contribution in [-0.4, -0.2) is 44.5 Å². The average molecular weight is 490 g/mol. The second-order valence-corrected chi connectivity index (χ2v) is 9.33. The van der Waals surface area contributed by atoms with Gasteiger partial charge in [-0.05, 0) is 40.5 Å². The van der Waals surface area contributed by atoms with Gasteiger partial charge < -0.3 is 5.11 Å². The Morgan fingerprint density at radius 3 is 2.23 bits per heavy atom. The zero-order chi connectivity index (χ0) is 20.1. The SMILES string of the molecule is CC(=O)Nc1c(O)cccc1[As](=O)(O)O.Cc1ccc(C(=O)O)c(Br)c1. The number of nitrogens with one attached hydrogen (secondary N) is 1. The van der Waals surface area contributed by atoms with Crippen LogP contribution >= 0.6 is 15.9 Å². The Kier molecular flexibility index (Phi) is 7.65. The summed E-state index contributed by atoms with van der Waals surface area (Å²) in [6, 6.07) is 8.85. The third-order valence-corrected chi connectivity index (χ3v) is 5.75. The third-order valence-electron chi connectivity index (χ3n) is 2.99. The summed E-state index contributed by atoms with van der Waals surface area (Å²) in [5, 5.41) is 20.2. The van der Waals surface area contributed by atoms with Gasteiger partial charge in [0.25, 0.3) is 0 Å². The summed E-state index contributed by atoms with van der Waals surface area (Å²) in [6.45, 7) is 3.10. The molecule has 2 rings (SSSR count). The Labute approximate surface area is 160 Å². The summed E-state index contributed by atoms with van der Waals surface area (Å²) in [5.41, 5.74) is 1.12. The van der Waals surface area contributed by atoms with E-state index in [0.717, 1.165) is 5.56 Å². The summed E-state index contributed by atoms with van der Waals surface area (Å²) < 4.78 is 29.4. The molecule has 0 unspecified atom stereocenters.